The van der Waals surface area contributed by atoms with E-state index < -0.39 is 0 Å². The molecule has 1 aliphatic rings. The highest BCUT2D eigenvalue weighted by Crippen LogP contribution is 2.28. The van der Waals surface area contributed by atoms with Crippen LogP contribution in [0.3, 0.4) is 0 Å². The summed E-state index contributed by atoms with van der Waals surface area (Å²) in [6, 6.07) is 10.0. The van der Waals surface area contributed by atoms with Gasteiger partial charge in [0.05, 0.1) is 23.6 Å². The second-order valence-corrected chi connectivity index (χ2v) is 7.51. The van der Waals surface area contributed by atoms with Crippen LogP contribution in [0.5, 0.6) is 0 Å². The summed E-state index contributed by atoms with van der Waals surface area (Å²) >= 11 is 0. The Bertz CT molecular complexity index is 1100. The zero-order chi connectivity index (χ0) is 22.0. The van der Waals surface area contributed by atoms with Crippen molar-refractivity contribution in [2.24, 2.45) is 0 Å². The Kier molecular flexibility index (Phi) is 5.88. The summed E-state index contributed by atoms with van der Waals surface area (Å²) < 4.78 is 6.86. The van der Waals surface area contributed by atoms with Gasteiger partial charge in [-0.1, -0.05) is 37.3 Å². The van der Waals surface area contributed by atoms with Crippen molar-refractivity contribution in [1.82, 2.24) is 24.4 Å². The van der Waals surface area contributed by atoms with Gasteiger partial charge in [-0.25, -0.2) is 14.3 Å². The predicted molar refractivity (Wildman–Crippen MR) is 117 cm³/mol. The number of aryl methyl sites for hydroxylation is 2. The molecule has 31 heavy (non-hydrogen) atoms. The monoisotopic (exact) mass is 421 g/mol. The fourth-order valence-corrected chi connectivity index (χ4v) is 4.08. The van der Waals surface area contributed by atoms with Gasteiger partial charge in [0.2, 0.25) is 0 Å². The van der Waals surface area contributed by atoms with E-state index in [1.807, 2.05) is 44.2 Å². The topological polar surface area (TPSA) is 80.0 Å². The van der Waals surface area contributed by atoms with Crippen molar-refractivity contribution in [3.8, 4) is 11.1 Å². The molecule has 1 aromatic carbocycles. The lowest BCUT2D eigenvalue weighted by Gasteiger charge is -2.34. The average Bonchev–Trinajstić information content (AvgIpc) is 3.14. The van der Waals surface area contributed by atoms with Crippen LogP contribution in [0, 0.1) is 6.92 Å². The lowest BCUT2D eigenvalue weighted by molar-refractivity contribution is 0.0568. The summed E-state index contributed by atoms with van der Waals surface area (Å²) in [6.07, 6.45) is 1.99. The summed E-state index contributed by atoms with van der Waals surface area (Å²) in [5.41, 5.74) is 5.07. The number of piperazine rings is 1. The zero-order valence-corrected chi connectivity index (χ0v) is 18.2. The third-order valence-corrected chi connectivity index (χ3v) is 5.64. The van der Waals surface area contributed by atoms with Crippen molar-refractivity contribution < 1.29 is 14.3 Å². The molecule has 1 fully saturated rings. The maximum absolute atomic E-state index is 13.3. The third kappa shape index (κ3) is 3.85. The van der Waals surface area contributed by atoms with Gasteiger partial charge in [-0.15, -0.1) is 0 Å². The van der Waals surface area contributed by atoms with Gasteiger partial charge in [0.15, 0.2) is 5.65 Å². The molecule has 8 heteroatoms. The number of hydrogen-bond acceptors (Lipinski definition) is 5. The molecule has 0 radical (unpaired) electrons. The molecule has 1 aliphatic heterocycles. The van der Waals surface area contributed by atoms with E-state index >= 15 is 0 Å². The first-order valence-corrected chi connectivity index (χ1v) is 10.7. The lowest BCUT2D eigenvalue weighted by atomic mass is 10.1. The van der Waals surface area contributed by atoms with E-state index in [4.69, 9.17) is 9.84 Å². The van der Waals surface area contributed by atoms with Gasteiger partial charge in [0.1, 0.15) is 0 Å². The van der Waals surface area contributed by atoms with Gasteiger partial charge < -0.3 is 14.5 Å². The average molecular weight is 422 g/mol. The SMILES string of the molecule is CCOC(=O)N1CCN(C(=O)c2cnc3c(-c4ccccc4)c(C)nn3c2CC)CC1. The smallest absolute Gasteiger partial charge is 0.409 e. The normalized spacial score (nSPS) is 14.2. The molecule has 162 valence electrons. The van der Waals surface area contributed by atoms with Gasteiger partial charge in [-0.3, -0.25) is 4.79 Å². The number of hydrogen-bond donors (Lipinski definition) is 0. The number of aromatic nitrogens is 3. The van der Waals surface area contributed by atoms with Crippen LogP contribution in [-0.4, -0.2) is 69.2 Å². The van der Waals surface area contributed by atoms with Crippen molar-refractivity contribution in [3.63, 3.8) is 0 Å². The quantitative estimate of drug-likeness (QED) is 0.646. The third-order valence-electron chi connectivity index (χ3n) is 5.64. The van der Waals surface area contributed by atoms with Gasteiger partial charge >= 0.3 is 6.09 Å². The highest BCUT2D eigenvalue weighted by Gasteiger charge is 2.28. The number of rotatable bonds is 4. The van der Waals surface area contributed by atoms with E-state index in [-0.39, 0.29) is 12.0 Å². The molecule has 0 unspecified atom stereocenters. The second kappa shape index (κ2) is 8.75. The van der Waals surface area contributed by atoms with Crippen molar-refractivity contribution >= 4 is 17.6 Å². The minimum atomic E-state index is -0.326. The van der Waals surface area contributed by atoms with Gasteiger partial charge in [-0.05, 0) is 25.8 Å². The Hall–Kier alpha value is -3.42. The summed E-state index contributed by atoms with van der Waals surface area (Å²) in [4.78, 5) is 33.3. The zero-order valence-electron chi connectivity index (χ0n) is 18.2. The Balaban J connectivity index is 1.63. The molecule has 0 aliphatic carbocycles. The van der Waals surface area contributed by atoms with Crippen molar-refractivity contribution in [3.05, 3.63) is 53.5 Å². The van der Waals surface area contributed by atoms with Crippen molar-refractivity contribution in [2.45, 2.75) is 27.2 Å². The fraction of sp³-hybridized carbons (Fsp3) is 0.391. The van der Waals surface area contributed by atoms with E-state index in [0.717, 1.165) is 28.2 Å². The number of amides is 2. The van der Waals surface area contributed by atoms with E-state index in [1.165, 1.54) is 0 Å². The molecule has 0 atom stereocenters. The summed E-state index contributed by atoms with van der Waals surface area (Å²) in [6.45, 7) is 7.96. The Labute approximate surface area is 181 Å². The van der Waals surface area contributed by atoms with Crippen LogP contribution >= 0.6 is 0 Å². The highest BCUT2D eigenvalue weighted by atomic mass is 16.6. The first-order chi connectivity index (χ1) is 15.0. The standard InChI is InChI=1S/C23H27N5O3/c1-4-19-18(22(29)26-11-13-27(14-12-26)23(30)31-5-2)15-24-21-20(16(3)25-28(19)21)17-9-7-6-8-10-17/h6-10,15H,4-5,11-14H2,1-3H3. The van der Waals surface area contributed by atoms with Crippen LogP contribution < -0.4 is 0 Å². The van der Waals surface area contributed by atoms with Crippen LogP contribution in [-0.2, 0) is 11.2 Å². The minimum Gasteiger partial charge on any atom is -0.450 e. The Morgan fingerprint density at radius 1 is 1.03 bits per heavy atom. The van der Waals surface area contributed by atoms with Crippen LogP contribution in [0.2, 0.25) is 0 Å². The molecule has 1 saturated heterocycles. The maximum atomic E-state index is 13.3. The molecule has 3 heterocycles. The molecule has 8 nitrogen and oxygen atoms in total. The first-order valence-electron chi connectivity index (χ1n) is 10.7. The molecular weight excluding hydrogens is 394 g/mol. The second-order valence-electron chi connectivity index (χ2n) is 7.51. The highest BCUT2D eigenvalue weighted by molar-refractivity contribution is 5.96. The number of nitrogens with zero attached hydrogens (tertiary/aromatic N) is 5. The van der Waals surface area contributed by atoms with Crippen molar-refractivity contribution in [1.29, 1.82) is 0 Å². The summed E-state index contributed by atoms with van der Waals surface area (Å²) in [5, 5.41) is 4.72. The van der Waals surface area contributed by atoms with Crippen molar-refractivity contribution in [2.75, 3.05) is 32.8 Å². The number of ether oxygens (including phenoxy) is 1. The summed E-state index contributed by atoms with van der Waals surface area (Å²) in [7, 11) is 0. The number of benzene rings is 1. The predicted octanol–water partition coefficient (Wildman–Crippen LogP) is 3.18. The Morgan fingerprint density at radius 3 is 2.35 bits per heavy atom. The first kappa shape index (κ1) is 20.8. The maximum Gasteiger partial charge on any atom is 0.409 e. The van der Waals surface area contributed by atoms with Crippen LogP contribution in [0.25, 0.3) is 16.8 Å². The molecule has 0 spiro atoms. The molecule has 0 N–H and O–H groups in total. The van der Waals surface area contributed by atoms with Crippen LogP contribution in [0.4, 0.5) is 4.79 Å². The fourth-order valence-electron chi connectivity index (χ4n) is 4.08. The number of fused-ring (bicyclic) bond motifs is 1. The van der Waals surface area contributed by atoms with Gasteiger partial charge in [0.25, 0.3) is 5.91 Å². The number of carbonyl (C=O) groups excluding carboxylic acids is 2. The molecule has 2 aromatic heterocycles. The van der Waals surface area contributed by atoms with E-state index in [9.17, 15) is 9.59 Å². The molecule has 0 saturated carbocycles. The van der Waals surface area contributed by atoms with E-state index in [1.54, 1.807) is 27.4 Å². The minimum absolute atomic E-state index is 0.0795. The van der Waals surface area contributed by atoms with E-state index in [2.05, 4.69) is 4.98 Å². The van der Waals surface area contributed by atoms with E-state index in [0.29, 0.717) is 44.8 Å². The molecule has 3 aromatic rings. The molecule has 4 rings (SSSR count). The lowest BCUT2D eigenvalue weighted by Crippen LogP contribution is -2.51. The molecular formula is C23H27N5O3. The Morgan fingerprint density at radius 2 is 1.71 bits per heavy atom. The van der Waals surface area contributed by atoms with Gasteiger partial charge in [-0.2, -0.15) is 5.10 Å². The van der Waals surface area contributed by atoms with Gasteiger partial charge in [0, 0.05) is 37.9 Å². The largest absolute Gasteiger partial charge is 0.450 e. The van der Waals surface area contributed by atoms with Crippen LogP contribution in [0.15, 0.2) is 36.5 Å². The number of carbonyl (C=O) groups is 2. The molecule has 2 amide bonds. The summed E-state index contributed by atoms with van der Waals surface area (Å²) in [5.74, 6) is -0.0795. The van der Waals surface area contributed by atoms with Crippen LogP contribution in [0.1, 0.15) is 35.6 Å². The molecule has 0 bridgehead atoms.